The van der Waals surface area contributed by atoms with Gasteiger partial charge in [-0.05, 0) is 30.3 Å². The Labute approximate surface area is 155 Å². The van der Waals surface area contributed by atoms with Gasteiger partial charge in [0.05, 0.1) is 14.2 Å². The van der Waals surface area contributed by atoms with E-state index in [-0.39, 0.29) is 5.57 Å². The van der Waals surface area contributed by atoms with Gasteiger partial charge in [-0.2, -0.15) is 5.26 Å². The molecular formula is C18H14Cl2N2O3. The molecule has 0 unspecified atom stereocenters. The molecule has 0 atom stereocenters. The van der Waals surface area contributed by atoms with Gasteiger partial charge < -0.3 is 14.8 Å². The van der Waals surface area contributed by atoms with E-state index in [0.29, 0.717) is 32.8 Å². The van der Waals surface area contributed by atoms with Gasteiger partial charge in [0.1, 0.15) is 11.6 Å². The Morgan fingerprint density at radius 3 is 2.32 bits per heavy atom. The molecule has 128 valence electrons. The van der Waals surface area contributed by atoms with Gasteiger partial charge in [-0.25, -0.2) is 0 Å². The number of ether oxygens (including phenoxy) is 2. The van der Waals surface area contributed by atoms with Crippen molar-refractivity contribution in [2.24, 2.45) is 0 Å². The first-order valence-electron chi connectivity index (χ1n) is 7.09. The average molecular weight is 377 g/mol. The second kappa shape index (κ2) is 8.43. The van der Waals surface area contributed by atoms with Crippen molar-refractivity contribution in [2.75, 3.05) is 19.5 Å². The van der Waals surface area contributed by atoms with Crippen LogP contribution in [0.15, 0.2) is 42.0 Å². The smallest absolute Gasteiger partial charge is 0.266 e. The average Bonchev–Trinajstić information content (AvgIpc) is 2.61. The standard InChI is InChI=1S/C18H14Cl2N2O3/c1-24-16-7-6-12(9-17(16)25-2)22-18(23)11(10-21)8-13-14(19)4-3-5-15(13)20/h3-9H,1-2H3,(H,22,23)/b11-8+. The maximum absolute atomic E-state index is 12.4. The molecule has 2 rings (SSSR count). The minimum absolute atomic E-state index is 0.134. The van der Waals surface area contributed by atoms with Gasteiger partial charge in [0.15, 0.2) is 11.5 Å². The summed E-state index contributed by atoms with van der Waals surface area (Å²) in [6, 6.07) is 11.7. The molecule has 0 fully saturated rings. The highest BCUT2D eigenvalue weighted by atomic mass is 35.5. The third-order valence-corrected chi connectivity index (χ3v) is 3.95. The van der Waals surface area contributed by atoms with E-state index in [1.54, 1.807) is 36.4 Å². The van der Waals surface area contributed by atoms with Crippen molar-refractivity contribution in [3.05, 3.63) is 57.6 Å². The van der Waals surface area contributed by atoms with Crippen LogP contribution >= 0.6 is 23.2 Å². The molecule has 0 heterocycles. The molecule has 0 aliphatic heterocycles. The van der Waals surface area contributed by atoms with Crippen LogP contribution in [0.5, 0.6) is 11.5 Å². The normalized spacial score (nSPS) is 10.8. The van der Waals surface area contributed by atoms with Crippen molar-refractivity contribution in [2.45, 2.75) is 0 Å². The van der Waals surface area contributed by atoms with Crippen molar-refractivity contribution in [1.29, 1.82) is 5.26 Å². The molecule has 0 aliphatic rings. The van der Waals surface area contributed by atoms with Gasteiger partial charge in [0, 0.05) is 27.4 Å². The van der Waals surface area contributed by atoms with Crippen molar-refractivity contribution >= 4 is 40.9 Å². The summed E-state index contributed by atoms with van der Waals surface area (Å²) in [5.41, 5.74) is 0.726. The van der Waals surface area contributed by atoms with Gasteiger partial charge in [0.25, 0.3) is 5.91 Å². The van der Waals surface area contributed by atoms with Gasteiger partial charge in [0.2, 0.25) is 0 Å². The largest absolute Gasteiger partial charge is 0.493 e. The summed E-state index contributed by atoms with van der Waals surface area (Å²) in [5, 5.41) is 12.6. The van der Waals surface area contributed by atoms with Crippen LogP contribution in [0.4, 0.5) is 5.69 Å². The van der Waals surface area contributed by atoms with Crippen molar-refractivity contribution in [3.63, 3.8) is 0 Å². The third-order valence-electron chi connectivity index (χ3n) is 3.29. The highest BCUT2D eigenvalue weighted by molar-refractivity contribution is 6.37. The van der Waals surface area contributed by atoms with Crippen LogP contribution in [0.1, 0.15) is 5.56 Å². The lowest BCUT2D eigenvalue weighted by Crippen LogP contribution is -2.13. The van der Waals surface area contributed by atoms with E-state index in [1.165, 1.54) is 20.3 Å². The van der Waals surface area contributed by atoms with Gasteiger partial charge in [-0.1, -0.05) is 29.3 Å². The monoisotopic (exact) mass is 376 g/mol. The van der Waals surface area contributed by atoms with E-state index in [4.69, 9.17) is 32.7 Å². The fraction of sp³-hybridized carbons (Fsp3) is 0.111. The number of carbonyl (C=O) groups is 1. The summed E-state index contributed by atoms with van der Waals surface area (Å²) in [6.07, 6.45) is 1.35. The van der Waals surface area contributed by atoms with Gasteiger partial charge in [-0.15, -0.1) is 0 Å². The Kier molecular flexibility index (Phi) is 6.29. The van der Waals surface area contributed by atoms with Crippen molar-refractivity contribution in [1.82, 2.24) is 0 Å². The van der Waals surface area contributed by atoms with E-state index in [0.717, 1.165) is 0 Å². The summed E-state index contributed by atoms with van der Waals surface area (Å²) in [5.74, 6) is 0.391. The Bertz CT molecular complexity index is 853. The summed E-state index contributed by atoms with van der Waals surface area (Å²) < 4.78 is 10.3. The molecular weight excluding hydrogens is 363 g/mol. The maximum atomic E-state index is 12.4. The number of rotatable bonds is 5. The number of hydrogen-bond acceptors (Lipinski definition) is 4. The molecule has 0 saturated carbocycles. The van der Waals surface area contributed by atoms with E-state index >= 15 is 0 Å². The van der Waals surface area contributed by atoms with E-state index in [2.05, 4.69) is 5.32 Å². The maximum Gasteiger partial charge on any atom is 0.266 e. The van der Waals surface area contributed by atoms with E-state index in [9.17, 15) is 10.1 Å². The molecule has 2 aromatic rings. The zero-order valence-corrected chi connectivity index (χ0v) is 15.0. The number of amides is 1. The minimum atomic E-state index is -0.592. The number of carbonyl (C=O) groups excluding carboxylic acids is 1. The molecule has 0 spiro atoms. The molecule has 1 N–H and O–H groups in total. The lowest BCUT2D eigenvalue weighted by molar-refractivity contribution is -0.112. The zero-order valence-electron chi connectivity index (χ0n) is 13.5. The number of anilines is 1. The van der Waals surface area contributed by atoms with Crippen LogP contribution in [0.25, 0.3) is 6.08 Å². The first-order chi connectivity index (χ1) is 12.0. The molecule has 0 bridgehead atoms. The molecule has 5 nitrogen and oxygen atoms in total. The molecule has 25 heavy (non-hydrogen) atoms. The molecule has 0 radical (unpaired) electrons. The molecule has 2 aromatic carbocycles. The molecule has 0 aliphatic carbocycles. The second-order valence-electron chi connectivity index (χ2n) is 4.83. The van der Waals surface area contributed by atoms with Crippen LogP contribution in [-0.2, 0) is 4.79 Å². The Morgan fingerprint density at radius 1 is 1.12 bits per heavy atom. The number of benzene rings is 2. The lowest BCUT2D eigenvalue weighted by Gasteiger charge is -2.10. The highest BCUT2D eigenvalue weighted by Gasteiger charge is 2.13. The van der Waals surface area contributed by atoms with E-state index < -0.39 is 5.91 Å². The van der Waals surface area contributed by atoms with Gasteiger partial charge in [-0.3, -0.25) is 4.79 Å². The molecule has 0 aromatic heterocycles. The van der Waals surface area contributed by atoms with Crippen LogP contribution < -0.4 is 14.8 Å². The van der Waals surface area contributed by atoms with Crippen molar-refractivity contribution < 1.29 is 14.3 Å². The van der Waals surface area contributed by atoms with E-state index in [1.807, 2.05) is 6.07 Å². The number of nitrogens with one attached hydrogen (secondary N) is 1. The highest BCUT2D eigenvalue weighted by Crippen LogP contribution is 2.30. The summed E-state index contributed by atoms with van der Waals surface area (Å²) in [7, 11) is 3.00. The predicted molar refractivity (Wildman–Crippen MR) is 98.2 cm³/mol. The number of nitrogens with zero attached hydrogens (tertiary/aromatic N) is 1. The second-order valence-corrected chi connectivity index (χ2v) is 5.64. The minimum Gasteiger partial charge on any atom is -0.493 e. The van der Waals surface area contributed by atoms with Crippen LogP contribution in [0.3, 0.4) is 0 Å². The lowest BCUT2D eigenvalue weighted by atomic mass is 10.1. The topological polar surface area (TPSA) is 71.3 Å². The first-order valence-corrected chi connectivity index (χ1v) is 7.85. The third kappa shape index (κ3) is 4.44. The number of methoxy groups -OCH3 is 2. The van der Waals surface area contributed by atoms with Crippen LogP contribution in [-0.4, -0.2) is 20.1 Å². The molecule has 1 amide bonds. The molecule has 0 saturated heterocycles. The first kappa shape index (κ1) is 18.7. The fourth-order valence-corrected chi connectivity index (χ4v) is 2.56. The number of nitriles is 1. The Balaban J connectivity index is 2.30. The Hall–Kier alpha value is -2.68. The number of halogens is 2. The number of hydrogen-bond donors (Lipinski definition) is 1. The van der Waals surface area contributed by atoms with Crippen molar-refractivity contribution in [3.8, 4) is 17.6 Å². The Morgan fingerprint density at radius 2 is 1.76 bits per heavy atom. The van der Waals surface area contributed by atoms with Crippen LogP contribution in [0.2, 0.25) is 10.0 Å². The zero-order chi connectivity index (χ0) is 18.4. The summed E-state index contributed by atoms with van der Waals surface area (Å²) >= 11 is 12.1. The fourth-order valence-electron chi connectivity index (χ4n) is 2.05. The predicted octanol–water partition coefficient (Wildman–Crippen LogP) is 4.56. The quantitative estimate of drug-likeness (QED) is 0.613. The summed E-state index contributed by atoms with van der Waals surface area (Å²) in [4.78, 5) is 12.4. The summed E-state index contributed by atoms with van der Waals surface area (Å²) in [6.45, 7) is 0. The molecule has 7 heteroatoms. The SMILES string of the molecule is COc1ccc(NC(=O)/C(C#N)=C/c2c(Cl)cccc2Cl)cc1OC. The van der Waals surface area contributed by atoms with Gasteiger partial charge >= 0.3 is 0 Å². The van der Waals surface area contributed by atoms with Crippen LogP contribution in [0, 0.1) is 11.3 Å².